The third kappa shape index (κ3) is 6.10. The highest BCUT2D eigenvalue weighted by Gasteiger charge is 2.24. The Morgan fingerprint density at radius 3 is 2.48 bits per heavy atom. The van der Waals surface area contributed by atoms with E-state index in [1.807, 2.05) is 0 Å². The Morgan fingerprint density at radius 2 is 1.83 bits per heavy atom. The predicted molar refractivity (Wildman–Crippen MR) is 111 cm³/mol. The van der Waals surface area contributed by atoms with Crippen LogP contribution in [-0.4, -0.2) is 63.2 Å². The van der Waals surface area contributed by atoms with E-state index in [0.717, 1.165) is 31.8 Å². The predicted octanol–water partition coefficient (Wildman–Crippen LogP) is 2.20. The molecule has 7 heteroatoms. The van der Waals surface area contributed by atoms with Crippen molar-refractivity contribution in [3.63, 3.8) is 0 Å². The number of carbonyl (C=O) groups is 2. The van der Waals surface area contributed by atoms with E-state index in [0.29, 0.717) is 17.1 Å². The van der Waals surface area contributed by atoms with Crippen molar-refractivity contribution in [3.8, 4) is 11.5 Å². The molecule has 7 nitrogen and oxygen atoms in total. The van der Waals surface area contributed by atoms with E-state index in [1.54, 1.807) is 25.2 Å². The number of rotatable bonds is 8. The van der Waals surface area contributed by atoms with Gasteiger partial charge in [0.2, 0.25) is 0 Å². The van der Waals surface area contributed by atoms with Crippen molar-refractivity contribution in [1.82, 2.24) is 15.5 Å². The number of nitrogens with one attached hydrogen (secondary N) is 2. The van der Waals surface area contributed by atoms with Gasteiger partial charge < -0.3 is 25.0 Å². The summed E-state index contributed by atoms with van der Waals surface area (Å²) in [5, 5.41) is 5.65. The second-order valence-corrected chi connectivity index (χ2v) is 8.03. The van der Waals surface area contributed by atoms with Crippen LogP contribution in [0.3, 0.4) is 0 Å². The molecule has 0 atom stereocenters. The number of methoxy groups -OCH3 is 1. The molecule has 2 fully saturated rings. The summed E-state index contributed by atoms with van der Waals surface area (Å²) in [4.78, 5) is 26.6. The van der Waals surface area contributed by atoms with Gasteiger partial charge in [-0.1, -0.05) is 12.8 Å². The Bertz CT molecular complexity index is 695. The van der Waals surface area contributed by atoms with Crippen LogP contribution in [-0.2, 0) is 4.79 Å². The minimum absolute atomic E-state index is 0.0994. The van der Waals surface area contributed by atoms with Crippen LogP contribution in [0.25, 0.3) is 0 Å². The number of carbonyl (C=O) groups excluding carboxylic acids is 2. The molecular formula is C22H33N3O4. The fourth-order valence-electron chi connectivity index (χ4n) is 4.23. The van der Waals surface area contributed by atoms with Crippen LogP contribution in [0.5, 0.6) is 11.5 Å². The number of nitrogens with zero attached hydrogens (tertiary/aromatic N) is 1. The highest BCUT2D eigenvalue weighted by molar-refractivity contribution is 5.95. The van der Waals surface area contributed by atoms with Gasteiger partial charge in [0.1, 0.15) is 0 Å². The van der Waals surface area contributed by atoms with Crippen LogP contribution < -0.4 is 20.1 Å². The number of ether oxygens (including phenoxy) is 2. The molecule has 2 aliphatic rings. The minimum atomic E-state index is -0.229. The maximum Gasteiger partial charge on any atom is 0.257 e. The van der Waals surface area contributed by atoms with Gasteiger partial charge in [0.15, 0.2) is 18.1 Å². The zero-order valence-corrected chi connectivity index (χ0v) is 17.5. The molecule has 0 radical (unpaired) electrons. The SMILES string of the molecule is CNC(=O)COc1ccc(C(=O)NC2CCN(CC3CCCC3)CC2)cc1OC. The lowest BCUT2D eigenvalue weighted by Crippen LogP contribution is -2.45. The third-order valence-electron chi connectivity index (χ3n) is 5.98. The molecule has 160 valence electrons. The maximum atomic E-state index is 12.7. The molecule has 1 heterocycles. The number of benzene rings is 1. The first-order valence-corrected chi connectivity index (χ1v) is 10.6. The molecule has 2 N–H and O–H groups in total. The second-order valence-electron chi connectivity index (χ2n) is 8.03. The Morgan fingerprint density at radius 1 is 1.10 bits per heavy atom. The summed E-state index contributed by atoms with van der Waals surface area (Å²) >= 11 is 0. The first-order chi connectivity index (χ1) is 14.1. The monoisotopic (exact) mass is 403 g/mol. The highest BCUT2D eigenvalue weighted by atomic mass is 16.5. The summed E-state index contributed by atoms with van der Waals surface area (Å²) in [6.07, 6.45) is 7.50. The lowest BCUT2D eigenvalue weighted by molar-refractivity contribution is -0.122. The summed E-state index contributed by atoms with van der Waals surface area (Å²) in [6, 6.07) is 5.23. The van der Waals surface area contributed by atoms with Crippen molar-refractivity contribution >= 4 is 11.8 Å². The van der Waals surface area contributed by atoms with Gasteiger partial charge in [-0.3, -0.25) is 9.59 Å². The highest BCUT2D eigenvalue weighted by Crippen LogP contribution is 2.29. The van der Waals surface area contributed by atoms with Crippen molar-refractivity contribution in [2.24, 2.45) is 5.92 Å². The van der Waals surface area contributed by atoms with E-state index in [4.69, 9.17) is 9.47 Å². The molecule has 1 saturated heterocycles. The van der Waals surface area contributed by atoms with Crippen LogP contribution in [0.1, 0.15) is 48.9 Å². The van der Waals surface area contributed by atoms with Gasteiger partial charge in [-0.25, -0.2) is 0 Å². The number of hydrogen-bond donors (Lipinski definition) is 2. The average molecular weight is 404 g/mol. The molecule has 0 bridgehead atoms. The van der Waals surface area contributed by atoms with Gasteiger partial charge in [0.05, 0.1) is 7.11 Å². The standard InChI is InChI=1S/C22H33N3O4/c1-23-21(26)15-29-19-8-7-17(13-20(19)28-2)22(27)24-18-9-11-25(12-10-18)14-16-5-3-4-6-16/h7-8,13,16,18H,3-6,9-12,14-15H2,1-2H3,(H,23,26)(H,24,27). The van der Waals surface area contributed by atoms with E-state index >= 15 is 0 Å². The number of likely N-dealkylation sites (N-methyl/N-ethyl adjacent to an activating group) is 1. The number of likely N-dealkylation sites (tertiary alicyclic amines) is 1. The zero-order valence-electron chi connectivity index (χ0n) is 17.5. The lowest BCUT2D eigenvalue weighted by Gasteiger charge is -2.33. The largest absolute Gasteiger partial charge is 0.493 e. The molecule has 1 aromatic carbocycles. The van der Waals surface area contributed by atoms with Gasteiger partial charge >= 0.3 is 0 Å². The molecule has 29 heavy (non-hydrogen) atoms. The van der Waals surface area contributed by atoms with Crippen molar-refractivity contribution in [3.05, 3.63) is 23.8 Å². The maximum absolute atomic E-state index is 12.7. The van der Waals surface area contributed by atoms with E-state index < -0.39 is 0 Å². The summed E-state index contributed by atoms with van der Waals surface area (Å²) in [7, 11) is 3.07. The van der Waals surface area contributed by atoms with Gasteiger partial charge in [-0.05, 0) is 49.8 Å². The summed E-state index contributed by atoms with van der Waals surface area (Å²) < 4.78 is 10.8. The Hall–Kier alpha value is -2.28. The van der Waals surface area contributed by atoms with E-state index in [1.165, 1.54) is 39.3 Å². The van der Waals surface area contributed by atoms with Crippen LogP contribution in [0.4, 0.5) is 0 Å². The second kappa shape index (κ2) is 10.5. The number of hydrogen-bond acceptors (Lipinski definition) is 5. The van der Waals surface area contributed by atoms with Gasteiger partial charge in [-0.15, -0.1) is 0 Å². The number of amides is 2. The minimum Gasteiger partial charge on any atom is -0.493 e. The fraction of sp³-hybridized carbons (Fsp3) is 0.636. The Labute approximate surface area is 173 Å². The first kappa shape index (κ1) is 21.4. The van der Waals surface area contributed by atoms with Crippen LogP contribution in [0.2, 0.25) is 0 Å². The van der Waals surface area contributed by atoms with E-state index in [2.05, 4.69) is 15.5 Å². The topological polar surface area (TPSA) is 79.9 Å². The molecule has 1 aliphatic heterocycles. The smallest absolute Gasteiger partial charge is 0.257 e. The van der Waals surface area contributed by atoms with E-state index in [-0.39, 0.29) is 24.5 Å². The molecule has 2 amide bonds. The van der Waals surface area contributed by atoms with Crippen molar-refractivity contribution in [2.45, 2.75) is 44.6 Å². The molecular weight excluding hydrogens is 370 g/mol. The van der Waals surface area contributed by atoms with Crippen LogP contribution in [0.15, 0.2) is 18.2 Å². The Balaban J connectivity index is 1.49. The van der Waals surface area contributed by atoms with Crippen molar-refractivity contribution in [2.75, 3.05) is 40.4 Å². The quantitative estimate of drug-likeness (QED) is 0.696. The summed E-state index contributed by atoms with van der Waals surface area (Å²) in [5.74, 6) is 1.42. The summed E-state index contributed by atoms with van der Waals surface area (Å²) in [5.41, 5.74) is 0.530. The lowest BCUT2D eigenvalue weighted by atomic mass is 10.0. The van der Waals surface area contributed by atoms with E-state index in [9.17, 15) is 9.59 Å². The fourth-order valence-corrected chi connectivity index (χ4v) is 4.23. The summed E-state index contributed by atoms with van der Waals surface area (Å²) in [6.45, 7) is 3.22. The van der Waals surface area contributed by atoms with Crippen LogP contribution >= 0.6 is 0 Å². The first-order valence-electron chi connectivity index (χ1n) is 10.6. The molecule has 0 spiro atoms. The van der Waals surface area contributed by atoms with Gasteiger partial charge in [-0.2, -0.15) is 0 Å². The van der Waals surface area contributed by atoms with Gasteiger partial charge in [0.25, 0.3) is 11.8 Å². The molecule has 0 aromatic heterocycles. The molecule has 1 saturated carbocycles. The van der Waals surface area contributed by atoms with Crippen LogP contribution in [0, 0.1) is 5.92 Å². The average Bonchev–Trinajstić information content (AvgIpc) is 3.26. The van der Waals surface area contributed by atoms with Crippen molar-refractivity contribution < 1.29 is 19.1 Å². The molecule has 1 aromatic rings. The third-order valence-corrected chi connectivity index (χ3v) is 5.98. The normalized spacial score (nSPS) is 18.4. The van der Waals surface area contributed by atoms with Gasteiger partial charge in [0, 0.05) is 38.3 Å². The molecule has 0 unspecified atom stereocenters. The number of piperidine rings is 1. The molecule has 1 aliphatic carbocycles. The Kier molecular flexibility index (Phi) is 7.75. The zero-order chi connectivity index (χ0) is 20.6. The van der Waals surface area contributed by atoms with Crippen molar-refractivity contribution in [1.29, 1.82) is 0 Å². The molecule has 3 rings (SSSR count).